The number of anilines is 4. The van der Waals surface area contributed by atoms with Gasteiger partial charge >= 0.3 is 0 Å². The SMILES string of the molecule is Nc1nnc(-c2ccccc2O)cc1N1CC2CCC(C1)N2c1ncc(C2CCN(CCCCCCCCCNC(=O)COc3ccc4c(c3)CCCN4C(=O)CCl)CC2)cn1. The van der Waals surface area contributed by atoms with Gasteiger partial charge in [-0.15, -0.1) is 21.8 Å². The van der Waals surface area contributed by atoms with Crippen molar-refractivity contribution in [1.29, 1.82) is 0 Å². The van der Waals surface area contributed by atoms with E-state index in [-0.39, 0.29) is 42.1 Å². The van der Waals surface area contributed by atoms with Crippen molar-refractivity contribution in [3.05, 3.63) is 72.1 Å². The zero-order chi connectivity index (χ0) is 42.8. The molecule has 2 amide bonds. The van der Waals surface area contributed by atoms with Crippen molar-refractivity contribution >= 4 is 46.6 Å². The van der Waals surface area contributed by atoms with Crippen LogP contribution in [0, 0.1) is 0 Å². The van der Waals surface area contributed by atoms with Crippen LogP contribution in [0.1, 0.15) is 94.1 Å². The number of nitrogens with one attached hydrogen (secondary N) is 1. The van der Waals surface area contributed by atoms with E-state index in [4.69, 9.17) is 32.0 Å². The van der Waals surface area contributed by atoms with Crippen molar-refractivity contribution in [2.75, 3.05) is 78.7 Å². The quantitative estimate of drug-likeness (QED) is 0.0717. The van der Waals surface area contributed by atoms with Gasteiger partial charge < -0.3 is 40.5 Å². The number of para-hydroxylation sites is 1. The number of benzene rings is 2. The molecule has 2 aromatic heterocycles. The second-order valence-corrected chi connectivity index (χ2v) is 17.6. The summed E-state index contributed by atoms with van der Waals surface area (Å²) in [5, 5.41) is 21.9. The van der Waals surface area contributed by atoms with Crippen molar-refractivity contribution in [1.82, 2.24) is 30.4 Å². The van der Waals surface area contributed by atoms with Crippen LogP contribution in [0.15, 0.2) is 60.9 Å². The summed E-state index contributed by atoms with van der Waals surface area (Å²) in [6, 6.07) is 15.3. The number of nitrogen functional groups attached to an aromatic ring is 1. The Bertz CT molecular complexity index is 2120. The van der Waals surface area contributed by atoms with E-state index in [1.54, 1.807) is 17.0 Å². The van der Waals surface area contributed by atoms with Crippen molar-refractivity contribution in [2.24, 2.45) is 0 Å². The Morgan fingerprint density at radius 1 is 0.855 bits per heavy atom. The average molecular weight is 866 g/mol. The van der Waals surface area contributed by atoms with E-state index < -0.39 is 0 Å². The summed E-state index contributed by atoms with van der Waals surface area (Å²) in [6.07, 6.45) is 18.6. The first-order valence-electron chi connectivity index (χ1n) is 22.7. The van der Waals surface area contributed by atoms with Crippen LogP contribution in [-0.4, -0.2) is 112 Å². The van der Waals surface area contributed by atoms with E-state index in [1.165, 1.54) is 44.2 Å². The molecule has 8 rings (SSSR count). The number of aryl methyl sites for hydroxylation is 1. The van der Waals surface area contributed by atoms with Crippen LogP contribution in [0.3, 0.4) is 0 Å². The van der Waals surface area contributed by atoms with Gasteiger partial charge in [0.05, 0.1) is 11.4 Å². The highest BCUT2D eigenvalue weighted by atomic mass is 35.5. The topological polar surface area (TPSA) is 166 Å². The lowest BCUT2D eigenvalue weighted by atomic mass is 9.91. The first-order chi connectivity index (χ1) is 30.3. The molecule has 4 aromatic rings. The Morgan fingerprint density at radius 2 is 1.58 bits per heavy atom. The number of phenols is 1. The van der Waals surface area contributed by atoms with Crippen LogP contribution in [0.2, 0.25) is 0 Å². The fourth-order valence-electron chi connectivity index (χ4n) is 9.82. The second-order valence-electron chi connectivity index (χ2n) is 17.3. The number of carbonyl (C=O) groups excluding carboxylic acids is 2. The Balaban J connectivity index is 0.673. The van der Waals surface area contributed by atoms with E-state index in [1.807, 2.05) is 36.4 Å². The van der Waals surface area contributed by atoms with E-state index in [0.717, 1.165) is 100 Å². The maximum atomic E-state index is 12.4. The number of ether oxygens (including phenoxy) is 1. The molecule has 0 spiro atoms. The summed E-state index contributed by atoms with van der Waals surface area (Å²) >= 11 is 5.78. The van der Waals surface area contributed by atoms with Crippen LogP contribution in [-0.2, 0) is 16.0 Å². The number of hydrogen-bond acceptors (Lipinski definition) is 12. The first kappa shape index (κ1) is 43.4. The number of halogens is 1. The minimum Gasteiger partial charge on any atom is -0.507 e. The maximum Gasteiger partial charge on any atom is 0.257 e. The smallest absolute Gasteiger partial charge is 0.257 e. The number of piperidine rings is 1. The molecule has 15 heteroatoms. The summed E-state index contributed by atoms with van der Waals surface area (Å²) in [5.74, 6) is 2.30. The Hall–Kier alpha value is -5.21. The zero-order valence-corrected chi connectivity index (χ0v) is 36.5. The lowest BCUT2D eigenvalue weighted by Crippen LogP contribution is -2.54. The number of fused-ring (bicyclic) bond motifs is 3. The highest BCUT2D eigenvalue weighted by Crippen LogP contribution is 2.39. The summed E-state index contributed by atoms with van der Waals surface area (Å²) in [6.45, 7) is 6.34. The van der Waals surface area contributed by atoms with E-state index in [9.17, 15) is 14.7 Å². The fraction of sp³-hybridized carbons (Fsp3) is 0.532. The third-order valence-corrected chi connectivity index (χ3v) is 13.4. The number of nitrogens with two attached hydrogens (primary N) is 1. The molecule has 2 aromatic carbocycles. The number of piperazine rings is 1. The Morgan fingerprint density at radius 3 is 2.32 bits per heavy atom. The number of alkyl halides is 1. The molecule has 330 valence electrons. The van der Waals surface area contributed by atoms with Gasteiger partial charge in [-0.3, -0.25) is 9.59 Å². The molecular formula is C47H61ClN10O4. The zero-order valence-electron chi connectivity index (χ0n) is 35.8. The lowest BCUT2D eigenvalue weighted by Gasteiger charge is -2.42. The number of nitrogens with zero attached hydrogens (tertiary/aromatic N) is 8. The number of phenolic OH excluding ortho intramolecular Hbond substituents is 1. The average Bonchev–Trinajstić information content (AvgIpc) is 3.57. The molecule has 4 aliphatic heterocycles. The second kappa shape index (κ2) is 20.8. The molecule has 14 nitrogen and oxygen atoms in total. The van der Waals surface area contributed by atoms with E-state index in [0.29, 0.717) is 41.8 Å². The highest BCUT2D eigenvalue weighted by molar-refractivity contribution is 6.29. The molecule has 4 aliphatic rings. The predicted molar refractivity (Wildman–Crippen MR) is 244 cm³/mol. The molecule has 0 aliphatic carbocycles. The predicted octanol–water partition coefficient (Wildman–Crippen LogP) is 6.70. The van der Waals surface area contributed by atoms with Crippen LogP contribution >= 0.6 is 11.6 Å². The van der Waals surface area contributed by atoms with Gasteiger partial charge in [-0.25, -0.2) is 9.97 Å². The molecule has 2 unspecified atom stereocenters. The minimum absolute atomic E-state index is 0.0156. The third kappa shape index (κ3) is 10.5. The molecule has 2 bridgehead atoms. The summed E-state index contributed by atoms with van der Waals surface area (Å²) in [5.41, 5.74) is 11.6. The van der Waals surface area contributed by atoms with Gasteiger partial charge in [-0.1, -0.05) is 44.2 Å². The van der Waals surface area contributed by atoms with Crippen molar-refractivity contribution < 1.29 is 19.4 Å². The number of unbranched alkanes of at least 4 members (excludes halogenated alkanes) is 6. The molecule has 62 heavy (non-hydrogen) atoms. The van der Waals surface area contributed by atoms with Crippen LogP contribution in [0.25, 0.3) is 11.3 Å². The molecule has 0 radical (unpaired) electrons. The fourth-order valence-corrected chi connectivity index (χ4v) is 9.97. The lowest BCUT2D eigenvalue weighted by molar-refractivity contribution is -0.123. The summed E-state index contributed by atoms with van der Waals surface area (Å²) in [7, 11) is 0. The molecule has 4 N–H and O–H groups in total. The number of rotatable bonds is 18. The number of hydrogen-bond donors (Lipinski definition) is 3. The van der Waals surface area contributed by atoms with Crippen molar-refractivity contribution in [2.45, 2.75) is 101 Å². The monoisotopic (exact) mass is 864 g/mol. The third-order valence-electron chi connectivity index (χ3n) is 13.2. The van der Waals surface area contributed by atoms with Crippen molar-refractivity contribution in [3.8, 4) is 22.8 Å². The van der Waals surface area contributed by atoms with E-state index in [2.05, 4.69) is 42.6 Å². The molecule has 3 saturated heterocycles. The Kier molecular flexibility index (Phi) is 14.6. The summed E-state index contributed by atoms with van der Waals surface area (Å²) < 4.78 is 5.75. The van der Waals surface area contributed by atoms with Gasteiger partial charge in [0, 0.05) is 61.9 Å². The number of likely N-dealkylation sites (tertiary alicyclic amines) is 1. The first-order valence-corrected chi connectivity index (χ1v) is 23.3. The number of carbonyl (C=O) groups is 2. The van der Waals surface area contributed by atoms with Gasteiger partial charge in [0.2, 0.25) is 11.9 Å². The van der Waals surface area contributed by atoms with Gasteiger partial charge in [-0.2, -0.15) is 0 Å². The molecular weight excluding hydrogens is 804 g/mol. The minimum atomic E-state index is -0.111. The van der Waals surface area contributed by atoms with Gasteiger partial charge in [0.1, 0.15) is 17.4 Å². The molecule has 2 atom stereocenters. The maximum absolute atomic E-state index is 12.4. The molecule has 3 fully saturated rings. The highest BCUT2D eigenvalue weighted by Gasteiger charge is 2.42. The molecule has 0 saturated carbocycles. The normalized spacial score (nSPS) is 19.1. The van der Waals surface area contributed by atoms with Gasteiger partial charge in [0.25, 0.3) is 5.91 Å². The molecule has 6 heterocycles. The van der Waals surface area contributed by atoms with Crippen LogP contribution < -0.4 is 30.5 Å². The Labute approximate surface area is 370 Å². The number of aromatic hydroxyl groups is 1. The summed E-state index contributed by atoms with van der Waals surface area (Å²) in [4.78, 5) is 43.5. The largest absolute Gasteiger partial charge is 0.507 e. The number of amides is 2. The standard InChI is InChI=1S/C47H61ClN10O4/c48-27-45(61)57-22-10-11-34-25-38(16-17-41(34)57)62-32-44(60)50-20-8-4-2-1-3-5-9-21-55-23-18-33(19-24-55)35-28-51-47(52-29-35)58-36-14-15-37(58)31-56(30-36)42-26-40(53-54-46(42)49)39-12-6-7-13-43(39)59/h6-7,12-13,16-17,25-26,28-29,33,36-37,59H,1-5,8-11,14-15,18-24,27,30-32H2,(H2,49,54)(H,50,60). The van der Waals surface area contributed by atoms with E-state index >= 15 is 0 Å². The van der Waals surface area contributed by atoms with Gasteiger partial charge in [0.15, 0.2) is 12.4 Å². The number of aromatic nitrogens is 4. The van der Waals surface area contributed by atoms with Crippen LogP contribution in [0.4, 0.5) is 23.1 Å². The van der Waals surface area contributed by atoms with Crippen LogP contribution in [0.5, 0.6) is 11.5 Å². The van der Waals surface area contributed by atoms with Crippen molar-refractivity contribution in [3.63, 3.8) is 0 Å². The van der Waals surface area contributed by atoms with Gasteiger partial charge in [-0.05, 0) is 124 Å².